The summed E-state index contributed by atoms with van der Waals surface area (Å²) in [5.41, 5.74) is 0. The van der Waals surface area contributed by atoms with Gasteiger partial charge in [0.2, 0.25) is 0 Å². The SMILES string of the molecule is CC/C=C\C/C=C\C/C=C\C/C=C\C=C/C(O)C/C=C\CCC(=O)O[C@H](COC(=O)CCCCCCCCCCCCCCCCCCC(C)C)COP(=O)(O)O. The van der Waals surface area contributed by atoms with Gasteiger partial charge in [-0.3, -0.25) is 14.1 Å². The summed E-state index contributed by atoms with van der Waals surface area (Å²) in [5, 5.41) is 10.2. The summed E-state index contributed by atoms with van der Waals surface area (Å²) in [5.74, 6) is -0.232. The van der Waals surface area contributed by atoms with E-state index in [9.17, 15) is 19.3 Å². The van der Waals surface area contributed by atoms with Crippen molar-refractivity contribution in [3.8, 4) is 0 Å². The zero-order chi connectivity index (χ0) is 42.1. The van der Waals surface area contributed by atoms with Crippen molar-refractivity contribution in [1.82, 2.24) is 0 Å². The quantitative estimate of drug-likeness (QED) is 0.0182. The lowest BCUT2D eigenvalue weighted by atomic mass is 10.0. The Morgan fingerprint density at radius 2 is 1.11 bits per heavy atom. The fourth-order valence-electron chi connectivity index (χ4n) is 5.96. The van der Waals surface area contributed by atoms with Crippen LogP contribution in [-0.2, 0) is 28.2 Å². The van der Waals surface area contributed by atoms with Crippen LogP contribution in [-0.4, -0.2) is 52.3 Å². The molecule has 10 heteroatoms. The minimum Gasteiger partial charge on any atom is -0.462 e. The molecule has 2 atom stereocenters. The van der Waals surface area contributed by atoms with Crippen LogP contribution in [0, 0.1) is 5.92 Å². The van der Waals surface area contributed by atoms with Gasteiger partial charge in [0.1, 0.15) is 6.61 Å². The van der Waals surface area contributed by atoms with Gasteiger partial charge >= 0.3 is 19.8 Å². The molecule has 3 N–H and O–H groups in total. The minimum atomic E-state index is -4.81. The predicted molar refractivity (Wildman–Crippen MR) is 236 cm³/mol. The molecule has 0 aliphatic carbocycles. The zero-order valence-corrected chi connectivity index (χ0v) is 36.9. The van der Waals surface area contributed by atoms with Crippen LogP contribution in [0.15, 0.2) is 72.9 Å². The first-order valence-electron chi connectivity index (χ1n) is 22.2. The highest BCUT2D eigenvalue weighted by Crippen LogP contribution is 2.36. The molecule has 0 rings (SSSR count). The van der Waals surface area contributed by atoms with E-state index in [2.05, 4.69) is 61.8 Å². The van der Waals surface area contributed by atoms with Crippen LogP contribution in [0.4, 0.5) is 0 Å². The Kier molecular flexibility index (Phi) is 38.4. The largest absolute Gasteiger partial charge is 0.469 e. The fourth-order valence-corrected chi connectivity index (χ4v) is 6.32. The number of aliphatic hydroxyl groups excluding tert-OH is 1. The van der Waals surface area contributed by atoms with Gasteiger partial charge in [0, 0.05) is 12.8 Å². The molecular formula is C47H81O9P. The third-order valence-electron chi connectivity index (χ3n) is 9.26. The number of allylic oxidation sites excluding steroid dienone is 10. The van der Waals surface area contributed by atoms with E-state index in [1.54, 1.807) is 24.3 Å². The van der Waals surface area contributed by atoms with E-state index in [0.717, 1.165) is 50.9 Å². The van der Waals surface area contributed by atoms with Crippen LogP contribution in [0.1, 0.15) is 181 Å². The van der Waals surface area contributed by atoms with E-state index in [0.29, 0.717) is 19.3 Å². The van der Waals surface area contributed by atoms with E-state index in [-0.39, 0.29) is 19.4 Å². The summed E-state index contributed by atoms with van der Waals surface area (Å²) in [4.78, 5) is 42.9. The third kappa shape index (κ3) is 44.4. The molecule has 328 valence electrons. The topological polar surface area (TPSA) is 140 Å². The Morgan fingerprint density at radius 1 is 0.596 bits per heavy atom. The standard InChI is InChI=1S/C47H81O9P/c1-4-5-6-7-8-9-10-15-19-22-25-28-32-37-44(48)38-33-30-35-40-47(50)56-45(42-55-57(51,52)53)41-54-46(49)39-34-29-26-23-20-17-14-12-11-13-16-18-21-24-27-31-36-43(2)3/h5-6,8-9,15,19,25,28,30,32-33,37,43-45,48H,4,7,10-14,16-18,20-24,26-27,29,31,34-36,38-42H2,1-3H3,(H2,51,52,53)/b6-5-,9-8-,19-15-,28-25-,33-30-,37-32-/t44?,45-/m1/s1. The van der Waals surface area contributed by atoms with E-state index in [1.807, 2.05) is 12.2 Å². The monoisotopic (exact) mass is 821 g/mol. The maximum absolute atomic E-state index is 12.4. The van der Waals surface area contributed by atoms with Crippen molar-refractivity contribution in [3.63, 3.8) is 0 Å². The van der Waals surface area contributed by atoms with Gasteiger partial charge in [0.15, 0.2) is 6.10 Å². The summed E-state index contributed by atoms with van der Waals surface area (Å²) in [6, 6.07) is 0. The van der Waals surface area contributed by atoms with Crippen LogP contribution in [0.25, 0.3) is 0 Å². The molecule has 0 aromatic carbocycles. The second-order valence-corrected chi connectivity index (χ2v) is 16.6. The molecule has 0 aliphatic rings. The van der Waals surface area contributed by atoms with Gasteiger partial charge in [-0.05, 0) is 50.9 Å². The first-order chi connectivity index (χ1) is 27.5. The number of ether oxygens (including phenoxy) is 2. The van der Waals surface area contributed by atoms with Crippen molar-refractivity contribution in [2.75, 3.05) is 13.2 Å². The minimum absolute atomic E-state index is 0.00358. The molecule has 0 fully saturated rings. The Morgan fingerprint density at radius 3 is 1.63 bits per heavy atom. The summed E-state index contributed by atoms with van der Waals surface area (Å²) in [6.45, 7) is 5.78. The summed E-state index contributed by atoms with van der Waals surface area (Å²) < 4.78 is 26.3. The third-order valence-corrected chi connectivity index (χ3v) is 9.75. The number of aliphatic hydroxyl groups is 1. The van der Waals surface area contributed by atoms with Crippen LogP contribution < -0.4 is 0 Å². The van der Waals surface area contributed by atoms with E-state index >= 15 is 0 Å². The molecule has 0 radical (unpaired) electrons. The van der Waals surface area contributed by atoms with Crippen molar-refractivity contribution >= 4 is 19.8 Å². The average Bonchev–Trinajstić information content (AvgIpc) is 3.16. The number of hydrogen-bond acceptors (Lipinski definition) is 7. The van der Waals surface area contributed by atoms with E-state index in [1.165, 1.54) is 83.5 Å². The van der Waals surface area contributed by atoms with Gasteiger partial charge < -0.3 is 24.4 Å². The normalized spacial score (nSPS) is 13.8. The molecule has 0 aliphatic heterocycles. The van der Waals surface area contributed by atoms with Gasteiger partial charge in [-0.25, -0.2) is 4.57 Å². The van der Waals surface area contributed by atoms with Crippen molar-refractivity contribution < 1.29 is 43.0 Å². The number of hydrogen-bond donors (Lipinski definition) is 3. The van der Waals surface area contributed by atoms with Crippen LogP contribution in [0.2, 0.25) is 0 Å². The van der Waals surface area contributed by atoms with Gasteiger partial charge in [-0.15, -0.1) is 0 Å². The van der Waals surface area contributed by atoms with Crippen molar-refractivity contribution in [3.05, 3.63) is 72.9 Å². The fraction of sp³-hybridized carbons (Fsp3) is 0.702. The Hall–Kier alpha value is -2.55. The molecule has 0 spiro atoms. The number of esters is 2. The predicted octanol–water partition coefficient (Wildman–Crippen LogP) is 12.7. The lowest BCUT2D eigenvalue weighted by molar-refractivity contribution is -0.161. The van der Waals surface area contributed by atoms with Gasteiger partial charge in [-0.2, -0.15) is 0 Å². The molecule has 57 heavy (non-hydrogen) atoms. The molecule has 0 heterocycles. The zero-order valence-electron chi connectivity index (χ0n) is 36.0. The molecular weight excluding hydrogens is 739 g/mol. The average molecular weight is 821 g/mol. The molecule has 0 saturated carbocycles. The van der Waals surface area contributed by atoms with E-state index < -0.39 is 38.6 Å². The number of carbonyl (C=O) groups excluding carboxylic acids is 2. The van der Waals surface area contributed by atoms with Crippen LogP contribution in [0.3, 0.4) is 0 Å². The van der Waals surface area contributed by atoms with Crippen molar-refractivity contribution in [2.24, 2.45) is 5.92 Å². The van der Waals surface area contributed by atoms with Gasteiger partial charge in [0.25, 0.3) is 0 Å². The van der Waals surface area contributed by atoms with Crippen molar-refractivity contribution in [2.45, 2.75) is 193 Å². The highest BCUT2D eigenvalue weighted by atomic mass is 31.2. The Bertz CT molecular complexity index is 1180. The lowest BCUT2D eigenvalue weighted by Gasteiger charge is -2.18. The maximum atomic E-state index is 12.4. The summed E-state index contributed by atoms with van der Waals surface area (Å²) in [6.07, 6.45) is 48.0. The smallest absolute Gasteiger partial charge is 0.462 e. The number of phosphoric ester groups is 1. The first kappa shape index (κ1) is 54.5. The maximum Gasteiger partial charge on any atom is 0.469 e. The van der Waals surface area contributed by atoms with Crippen molar-refractivity contribution in [1.29, 1.82) is 0 Å². The number of unbranched alkanes of at least 4 members (excludes halogenated alkanes) is 15. The summed E-state index contributed by atoms with van der Waals surface area (Å²) >= 11 is 0. The second-order valence-electron chi connectivity index (χ2n) is 15.3. The Labute approximate surface area is 347 Å². The lowest BCUT2D eigenvalue weighted by Crippen LogP contribution is -2.29. The molecule has 1 unspecified atom stereocenters. The van der Waals surface area contributed by atoms with Gasteiger partial charge in [-0.1, -0.05) is 196 Å². The molecule has 9 nitrogen and oxygen atoms in total. The molecule has 0 aromatic rings. The van der Waals surface area contributed by atoms with E-state index in [4.69, 9.17) is 19.3 Å². The van der Waals surface area contributed by atoms with Crippen LogP contribution >= 0.6 is 7.82 Å². The van der Waals surface area contributed by atoms with Crippen LogP contribution in [0.5, 0.6) is 0 Å². The van der Waals surface area contributed by atoms with Gasteiger partial charge in [0.05, 0.1) is 12.7 Å². The highest BCUT2D eigenvalue weighted by Gasteiger charge is 2.22. The second kappa shape index (κ2) is 40.2. The summed E-state index contributed by atoms with van der Waals surface area (Å²) in [7, 11) is -4.81. The molecule has 0 amide bonds. The number of carbonyl (C=O) groups is 2. The number of rotatable bonds is 39. The molecule has 0 bridgehead atoms. The molecule has 0 aromatic heterocycles. The Balaban J connectivity index is 4.09. The number of phosphoric acid groups is 1. The highest BCUT2D eigenvalue weighted by molar-refractivity contribution is 7.46. The first-order valence-corrected chi connectivity index (χ1v) is 23.7. The molecule has 0 saturated heterocycles.